The lowest BCUT2D eigenvalue weighted by molar-refractivity contribution is -0.0399. The van der Waals surface area contributed by atoms with Gasteiger partial charge in [0.25, 0.3) is 0 Å². The Bertz CT molecular complexity index is 2370. The molecule has 10 rings (SSSR count). The Morgan fingerprint density at radius 2 is 0.455 bits per heavy atom. The summed E-state index contributed by atoms with van der Waals surface area (Å²) >= 11 is 14.9. The number of fused-ring (bicyclic) bond motifs is 5. The van der Waals surface area contributed by atoms with Gasteiger partial charge in [-0.3, -0.25) is 0 Å². The first-order chi connectivity index (χ1) is 48.4. The third-order valence-corrected chi connectivity index (χ3v) is 14.0. The molecule has 0 aromatic carbocycles. The standard InChI is InChI=1S/2C14H18O8.C8H8Cl2O6.C7H10O3.2C6H10O4.C4H5ClO2.C3H6O/c2*1-3-5-17-13(15)21-9-7-19-12-10(8-20-11(9)12)22-14(16)18-6-4-2;9-7(11)15-3-1-13-6-4(16-8(10)12)2-14-5(3)6;1-3-5-9-7(8)10-6-4-2;2*7-3-1-9-6-4(8)2-10-5(3)6;1-2-3-7-4(5)6;1-2-3-4/h2*3-4,9-12H,1-2,5-8H2;3-6H,1-2H2;3-4H,1-2,5-6H2;2*3-8H,1-2H2;2H,1,3H2;2,4H,1,3H2. The van der Waals surface area contributed by atoms with Crippen LogP contribution in [0.25, 0.3) is 0 Å². The summed E-state index contributed by atoms with van der Waals surface area (Å²) in [6, 6.07) is 0. The highest BCUT2D eigenvalue weighted by atomic mass is 35.5. The molecule has 101 heavy (non-hydrogen) atoms. The molecular weight excluding hydrogens is 1430 g/mol. The predicted octanol–water partition coefficient (Wildman–Crippen LogP) is 3.91. The fourth-order valence-corrected chi connectivity index (χ4v) is 9.90. The molecule has 10 aliphatic heterocycles. The zero-order valence-corrected chi connectivity index (χ0v) is 56.8. The smallest absolute Gasteiger partial charge is 0.449 e. The van der Waals surface area contributed by atoms with E-state index in [1.165, 1.54) is 48.6 Å². The Morgan fingerprint density at radius 3 is 0.624 bits per heavy atom. The van der Waals surface area contributed by atoms with E-state index in [0.29, 0.717) is 0 Å². The first kappa shape index (κ1) is 88.2. The Kier molecular flexibility index (Phi) is 43.2. The second-order valence-corrected chi connectivity index (χ2v) is 21.7. The van der Waals surface area contributed by atoms with Crippen LogP contribution < -0.4 is 0 Å². The first-order valence-corrected chi connectivity index (χ1v) is 31.6. The van der Waals surface area contributed by atoms with Gasteiger partial charge in [0.2, 0.25) is 0 Å². The minimum absolute atomic E-state index is 0.0578. The zero-order chi connectivity index (χ0) is 74.8. The number of hydrogen-bond acceptors (Lipinski definition) is 36. The fraction of sp³-hybridized carbons (Fsp3) is 0.613. The molecule has 20 unspecified atom stereocenters. The van der Waals surface area contributed by atoms with Gasteiger partial charge in [0.15, 0.2) is 36.6 Å². The van der Waals surface area contributed by atoms with E-state index >= 15 is 0 Å². The molecule has 36 nitrogen and oxygen atoms in total. The van der Waals surface area contributed by atoms with Crippen molar-refractivity contribution in [3.63, 3.8) is 0 Å². The average Bonchev–Trinajstić information content (AvgIpc) is 1.67. The first-order valence-electron chi connectivity index (χ1n) is 30.5. The molecule has 0 bridgehead atoms. The van der Waals surface area contributed by atoms with E-state index in [1.54, 1.807) is 0 Å². The Balaban J connectivity index is 0.000000314. The van der Waals surface area contributed by atoms with Crippen LogP contribution in [-0.4, -0.2) is 314 Å². The summed E-state index contributed by atoms with van der Waals surface area (Å²) in [4.78, 5) is 86.9. The maximum Gasteiger partial charge on any atom is 0.509 e. The number of halogens is 3. The van der Waals surface area contributed by atoms with Gasteiger partial charge in [0.1, 0.15) is 132 Å². The van der Waals surface area contributed by atoms with Gasteiger partial charge in [0.05, 0.1) is 72.7 Å². The van der Waals surface area contributed by atoms with Crippen molar-refractivity contribution >= 4 is 81.9 Å². The van der Waals surface area contributed by atoms with E-state index in [9.17, 15) is 38.4 Å². The lowest BCUT2D eigenvalue weighted by atomic mass is 10.1. The molecule has 10 saturated heterocycles. The van der Waals surface area contributed by atoms with Crippen LogP contribution in [0.1, 0.15) is 0 Å². The molecule has 10 aliphatic rings. The van der Waals surface area contributed by atoms with Crippen molar-refractivity contribution in [1.29, 1.82) is 0 Å². The molecule has 0 amide bonds. The number of aliphatic hydroxyl groups excluding tert-OH is 5. The van der Waals surface area contributed by atoms with Crippen molar-refractivity contribution in [3.8, 4) is 0 Å². The quantitative estimate of drug-likeness (QED) is 0.0470. The zero-order valence-electron chi connectivity index (χ0n) is 54.6. The number of hydrogen-bond donors (Lipinski definition) is 5. The lowest BCUT2D eigenvalue weighted by Crippen LogP contribution is -2.36. The second kappa shape index (κ2) is 49.5. The van der Waals surface area contributed by atoms with Crippen molar-refractivity contribution in [3.05, 3.63) is 101 Å². The van der Waals surface area contributed by atoms with Gasteiger partial charge in [-0.05, 0) is 0 Å². The molecule has 5 N–H and O–H groups in total. The summed E-state index contributed by atoms with van der Waals surface area (Å²) in [5, 5.41) is 44.4. The van der Waals surface area contributed by atoms with Crippen LogP contribution in [0.5, 0.6) is 0 Å². The fourth-order valence-electron chi connectivity index (χ4n) is 9.61. The summed E-state index contributed by atoms with van der Waals surface area (Å²) in [6.07, 6.45) is -2.42. The second-order valence-electron chi connectivity index (χ2n) is 20.8. The molecule has 20 atom stereocenters. The molecule has 0 saturated carbocycles. The normalized spacial score (nSPS) is 30.7. The third kappa shape index (κ3) is 31.6. The van der Waals surface area contributed by atoms with Crippen molar-refractivity contribution in [2.24, 2.45) is 0 Å². The van der Waals surface area contributed by atoms with E-state index in [4.69, 9.17) is 155 Å². The number of aliphatic hydroxyl groups is 5. The molecule has 0 radical (unpaired) electrons. The summed E-state index contributed by atoms with van der Waals surface area (Å²) < 4.78 is 115. The van der Waals surface area contributed by atoms with E-state index in [-0.39, 0.29) is 143 Å². The minimum atomic E-state index is -0.921. The van der Waals surface area contributed by atoms with Crippen molar-refractivity contribution < 1.29 is 173 Å². The number of ether oxygens (including phenoxy) is 23. The van der Waals surface area contributed by atoms with E-state index in [0.717, 1.165) is 0 Å². The van der Waals surface area contributed by atoms with Gasteiger partial charge in [-0.1, -0.05) is 94.7 Å². The van der Waals surface area contributed by atoms with Crippen LogP contribution in [0, 0.1) is 0 Å². The highest BCUT2D eigenvalue weighted by Crippen LogP contribution is 2.34. The van der Waals surface area contributed by atoms with Crippen LogP contribution in [0.3, 0.4) is 0 Å². The Labute approximate surface area is 594 Å². The summed E-state index contributed by atoms with van der Waals surface area (Å²) in [5.41, 5.74) is -2.63. The predicted molar refractivity (Wildman–Crippen MR) is 342 cm³/mol. The van der Waals surface area contributed by atoms with Crippen molar-refractivity contribution in [2.75, 3.05) is 119 Å². The van der Waals surface area contributed by atoms with E-state index < -0.39 is 145 Å². The van der Waals surface area contributed by atoms with Crippen molar-refractivity contribution in [2.45, 2.75) is 122 Å². The van der Waals surface area contributed by atoms with Gasteiger partial charge >= 0.3 is 47.1 Å². The largest absolute Gasteiger partial charge is 0.509 e. The van der Waals surface area contributed by atoms with Gasteiger partial charge in [-0.2, -0.15) is 0 Å². The molecule has 0 aromatic heterocycles. The molecule has 0 spiro atoms. The summed E-state index contributed by atoms with van der Waals surface area (Å²) in [5.74, 6) is 0. The Hall–Kier alpha value is -7.05. The van der Waals surface area contributed by atoms with Gasteiger partial charge in [-0.15, -0.1) is 6.58 Å². The SMILES string of the molecule is C=CCO.C=CCOC(=O)Cl.C=CCOC(=O)OC1COC2C(OC(=O)OCC=C)COC12.C=CCOC(=O)OC1COC2C(OC(=O)OCC=C)COC12.C=CCOC(=O)OCC=C.O=C(Cl)OC1COC2C(OC(=O)Cl)COC12.OC1COC2C(O)COC12.OC1COC2C(O)COC12. The highest BCUT2D eigenvalue weighted by molar-refractivity contribution is 6.61. The van der Waals surface area contributed by atoms with Crippen LogP contribution >= 0.6 is 34.8 Å². The maximum atomic E-state index is 11.4. The molecule has 10 heterocycles. The average molecular weight is 1510 g/mol. The molecule has 0 aromatic rings. The van der Waals surface area contributed by atoms with Gasteiger partial charge < -0.3 is 134 Å². The Morgan fingerprint density at radius 1 is 0.277 bits per heavy atom. The van der Waals surface area contributed by atoms with Gasteiger partial charge in [-0.25, -0.2) is 38.4 Å². The number of carbonyl (C=O) groups is 8. The number of carbonyl (C=O) groups excluding carboxylic acids is 8. The minimum Gasteiger partial charge on any atom is -0.449 e. The topological polar surface area (TPSA) is 450 Å². The molecule has 570 valence electrons. The molecular formula is C62H85Cl3O36. The highest BCUT2D eigenvalue weighted by Gasteiger charge is 2.54. The maximum absolute atomic E-state index is 11.4. The van der Waals surface area contributed by atoms with E-state index in [1.807, 2.05) is 0 Å². The molecule has 0 aliphatic carbocycles. The lowest BCUT2D eigenvalue weighted by Gasteiger charge is -2.16. The van der Waals surface area contributed by atoms with Crippen LogP contribution in [0.15, 0.2) is 101 Å². The van der Waals surface area contributed by atoms with Gasteiger partial charge in [0, 0.05) is 34.8 Å². The summed E-state index contributed by atoms with van der Waals surface area (Å²) in [6.45, 7) is 29.8. The van der Waals surface area contributed by atoms with Crippen LogP contribution in [0.4, 0.5) is 38.4 Å². The monoisotopic (exact) mass is 1510 g/mol. The van der Waals surface area contributed by atoms with Crippen LogP contribution in [0.2, 0.25) is 0 Å². The molecule has 39 heteroatoms. The van der Waals surface area contributed by atoms with Crippen molar-refractivity contribution in [1.82, 2.24) is 0 Å². The number of rotatable bonds is 21. The molecule has 10 fully saturated rings. The van der Waals surface area contributed by atoms with E-state index in [2.05, 4.69) is 66.8 Å². The summed E-state index contributed by atoms with van der Waals surface area (Å²) in [7, 11) is 0. The van der Waals surface area contributed by atoms with Crippen LogP contribution in [-0.2, 0) is 109 Å². The third-order valence-electron chi connectivity index (χ3n) is 13.7.